The predicted octanol–water partition coefficient (Wildman–Crippen LogP) is 3.51. The average Bonchev–Trinajstić information content (AvgIpc) is 2.57. The number of hydrogen-bond acceptors (Lipinski definition) is 3. The van der Waals surface area contributed by atoms with Crippen molar-refractivity contribution in [2.45, 2.75) is 43.9 Å². The zero-order valence-corrected chi connectivity index (χ0v) is 13.7. The summed E-state index contributed by atoms with van der Waals surface area (Å²) in [6, 6.07) is 10.7. The number of benzene rings is 1. The van der Waals surface area contributed by atoms with Crippen molar-refractivity contribution >= 4 is 12.3 Å². The van der Waals surface area contributed by atoms with Gasteiger partial charge in [0.25, 0.3) is 0 Å². The maximum Gasteiger partial charge on any atom is 0.311 e. The van der Waals surface area contributed by atoms with E-state index in [2.05, 4.69) is 30.3 Å². The minimum atomic E-state index is -0.324. The Balaban J connectivity index is 1.77. The highest BCUT2D eigenvalue weighted by atomic mass is 16.5. The zero-order valence-electron chi connectivity index (χ0n) is 13.7. The Morgan fingerprint density at radius 2 is 1.83 bits per heavy atom. The zero-order chi connectivity index (χ0) is 16.1. The molecule has 2 atom stereocenters. The molecule has 0 heterocycles. The van der Waals surface area contributed by atoms with Crippen LogP contribution >= 0.6 is 0 Å². The van der Waals surface area contributed by atoms with Crippen molar-refractivity contribution in [3.05, 3.63) is 35.9 Å². The van der Waals surface area contributed by atoms with Gasteiger partial charge < -0.3 is 9.53 Å². The van der Waals surface area contributed by atoms with Crippen LogP contribution in [0.1, 0.15) is 44.1 Å². The van der Waals surface area contributed by atoms with Gasteiger partial charge in [-0.05, 0) is 60.8 Å². The largest absolute Gasteiger partial charge is 0.469 e. The predicted molar refractivity (Wildman–Crippen MR) is 86.8 cm³/mol. The number of rotatable bonds is 4. The first-order valence-corrected chi connectivity index (χ1v) is 8.70. The van der Waals surface area contributed by atoms with E-state index in [0.29, 0.717) is 24.2 Å². The molecule has 4 fully saturated rings. The summed E-state index contributed by atoms with van der Waals surface area (Å²) in [5, 5.41) is 0. The van der Waals surface area contributed by atoms with Gasteiger partial charge in [0, 0.05) is 6.42 Å². The molecule has 4 bridgehead atoms. The Bertz CT molecular complexity index is 605. The fourth-order valence-corrected chi connectivity index (χ4v) is 6.33. The van der Waals surface area contributed by atoms with Gasteiger partial charge >= 0.3 is 5.97 Å². The molecule has 0 radical (unpaired) electrons. The summed E-state index contributed by atoms with van der Waals surface area (Å²) >= 11 is 0. The van der Waals surface area contributed by atoms with Crippen molar-refractivity contribution in [2.75, 3.05) is 7.11 Å². The van der Waals surface area contributed by atoms with Gasteiger partial charge in [0.05, 0.1) is 12.5 Å². The van der Waals surface area contributed by atoms with E-state index in [-0.39, 0.29) is 16.8 Å². The Morgan fingerprint density at radius 3 is 2.39 bits per heavy atom. The number of esters is 1. The summed E-state index contributed by atoms with van der Waals surface area (Å²) in [7, 11) is 1.51. The molecule has 0 aliphatic heterocycles. The molecule has 4 saturated carbocycles. The second-order valence-corrected chi connectivity index (χ2v) is 8.00. The second-order valence-electron chi connectivity index (χ2n) is 8.00. The Kier molecular flexibility index (Phi) is 3.36. The van der Waals surface area contributed by atoms with Crippen LogP contribution < -0.4 is 0 Å². The van der Waals surface area contributed by atoms with Crippen LogP contribution in [0.5, 0.6) is 0 Å². The van der Waals surface area contributed by atoms with Gasteiger partial charge in [0.15, 0.2) is 0 Å². The quantitative estimate of drug-likeness (QED) is 0.631. The van der Waals surface area contributed by atoms with Gasteiger partial charge in [-0.1, -0.05) is 30.3 Å². The molecule has 3 heteroatoms. The third-order valence-corrected chi connectivity index (χ3v) is 6.87. The van der Waals surface area contributed by atoms with Crippen LogP contribution in [-0.4, -0.2) is 19.4 Å². The van der Waals surface area contributed by atoms with Gasteiger partial charge in [-0.2, -0.15) is 0 Å². The number of hydrogen-bond donors (Lipinski definition) is 0. The summed E-state index contributed by atoms with van der Waals surface area (Å²) in [5.41, 5.74) is 1.14. The highest BCUT2D eigenvalue weighted by Crippen LogP contribution is 2.68. The molecule has 23 heavy (non-hydrogen) atoms. The fraction of sp³-hybridized carbons (Fsp3) is 0.600. The van der Waals surface area contributed by atoms with E-state index in [1.165, 1.54) is 12.7 Å². The van der Waals surface area contributed by atoms with Crippen molar-refractivity contribution in [3.8, 4) is 0 Å². The van der Waals surface area contributed by atoms with Crippen molar-refractivity contribution in [1.82, 2.24) is 0 Å². The third kappa shape index (κ3) is 2.09. The van der Waals surface area contributed by atoms with Gasteiger partial charge in [-0.25, -0.2) is 0 Å². The Hall–Kier alpha value is -1.64. The van der Waals surface area contributed by atoms with Crippen molar-refractivity contribution in [2.24, 2.45) is 23.2 Å². The van der Waals surface area contributed by atoms with E-state index >= 15 is 0 Å². The van der Waals surface area contributed by atoms with Gasteiger partial charge in [0.1, 0.15) is 6.29 Å². The van der Waals surface area contributed by atoms with E-state index in [4.69, 9.17) is 4.74 Å². The standard InChI is InChI=1S/C20H24O3/c1-23-18(22)20-11-14-9-19(13-20,16-5-3-2-4-6-16)10-15(12-20)17(14)7-8-21/h2-6,8,14-15,17H,7,9-13H2,1H3. The maximum atomic E-state index is 12.6. The number of ether oxygens (including phenoxy) is 1. The molecule has 0 N–H and O–H groups in total. The summed E-state index contributed by atoms with van der Waals surface area (Å²) in [6.07, 6.45) is 6.68. The first kappa shape index (κ1) is 14.9. The molecule has 5 rings (SSSR count). The van der Waals surface area contributed by atoms with Crippen molar-refractivity contribution in [1.29, 1.82) is 0 Å². The number of aldehydes is 1. The summed E-state index contributed by atoms with van der Waals surface area (Å²) in [6.45, 7) is 0. The minimum Gasteiger partial charge on any atom is -0.469 e. The van der Waals surface area contributed by atoms with Crippen LogP contribution in [0.3, 0.4) is 0 Å². The first-order chi connectivity index (χ1) is 11.1. The van der Waals surface area contributed by atoms with E-state index in [9.17, 15) is 9.59 Å². The lowest BCUT2D eigenvalue weighted by atomic mass is 9.40. The van der Waals surface area contributed by atoms with Gasteiger partial charge in [-0.3, -0.25) is 4.79 Å². The van der Waals surface area contributed by atoms with Gasteiger partial charge in [0.2, 0.25) is 0 Å². The molecule has 0 saturated heterocycles. The molecular formula is C20H24O3. The Labute approximate surface area is 137 Å². The van der Waals surface area contributed by atoms with Crippen molar-refractivity contribution < 1.29 is 14.3 Å². The molecule has 0 aromatic heterocycles. The summed E-state index contributed by atoms with van der Waals surface area (Å²) in [5.74, 6) is 1.38. The molecule has 2 unspecified atom stereocenters. The van der Waals surface area contributed by atoms with Crippen molar-refractivity contribution in [3.63, 3.8) is 0 Å². The SMILES string of the molecule is COC(=O)C12CC3CC(c4ccccc4)(CC(C1)C3CC=O)C2. The third-order valence-electron chi connectivity index (χ3n) is 6.87. The van der Waals surface area contributed by atoms with E-state index in [1.54, 1.807) is 0 Å². The van der Waals surface area contributed by atoms with Crippen LogP contribution in [0.2, 0.25) is 0 Å². The van der Waals surface area contributed by atoms with Crippen LogP contribution in [0.25, 0.3) is 0 Å². The lowest BCUT2D eigenvalue weighted by Crippen LogP contribution is -2.60. The molecule has 122 valence electrons. The van der Waals surface area contributed by atoms with Crippen LogP contribution in [0.15, 0.2) is 30.3 Å². The number of methoxy groups -OCH3 is 1. The van der Waals surface area contributed by atoms with E-state index in [0.717, 1.165) is 38.4 Å². The molecule has 4 aliphatic carbocycles. The lowest BCUT2D eigenvalue weighted by molar-refractivity contribution is -0.178. The normalized spacial score (nSPS) is 40.8. The topological polar surface area (TPSA) is 43.4 Å². The molecule has 1 aromatic rings. The van der Waals surface area contributed by atoms with Crippen LogP contribution in [0.4, 0.5) is 0 Å². The molecule has 3 nitrogen and oxygen atoms in total. The number of carbonyl (C=O) groups excluding carboxylic acids is 2. The smallest absolute Gasteiger partial charge is 0.311 e. The summed E-state index contributed by atoms with van der Waals surface area (Å²) < 4.78 is 5.20. The highest BCUT2D eigenvalue weighted by Gasteiger charge is 2.64. The Morgan fingerprint density at radius 1 is 1.17 bits per heavy atom. The molecule has 4 aliphatic rings. The average molecular weight is 312 g/mol. The maximum absolute atomic E-state index is 12.6. The summed E-state index contributed by atoms with van der Waals surface area (Å²) in [4.78, 5) is 23.7. The molecular weight excluding hydrogens is 288 g/mol. The number of carbonyl (C=O) groups is 2. The van der Waals surface area contributed by atoms with E-state index < -0.39 is 0 Å². The molecule has 0 spiro atoms. The van der Waals surface area contributed by atoms with Crippen LogP contribution in [0, 0.1) is 23.2 Å². The van der Waals surface area contributed by atoms with Gasteiger partial charge in [-0.15, -0.1) is 0 Å². The fourth-order valence-electron chi connectivity index (χ4n) is 6.33. The molecule has 1 aromatic carbocycles. The first-order valence-electron chi connectivity index (χ1n) is 8.70. The lowest BCUT2D eigenvalue weighted by Gasteiger charge is -2.63. The highest BCUT2D eigenvalue weighted by molar-refractivity contribution is 5.78. The monoisotopic (exact) mass is 312 g/mol. The molecule has 0 amide bonds. The van der Waals surface area contributed by atoms with Crippen LogP contribution in [-0.2, 0) is 19.7 Å². The minimum absolute atomic E-state index is 0.0308. The van der Waals surface area contributed by atoms with E-state index in [1.807, 2.05) is 0 Å². The second kappa shape index (κ2) is 5.19.